The predicted octanol–water partition coefficient (Wildman–Crippen LogP) is 2.94. The molecule has 1 aromatic carbocycles. The summed E-state index contributed by atoms with van der Waals surface area (Å²) in [4.78, 5) is 13.8. The van der Waals surface area contributed by atoms with Gasteiger partial charge in [-0.1, -0.05) is 15.9 Å². The second-order valence-electron chi connectivity index (χ2n) is 3.54. The van der Waals surface area contributed by atoms with Crippen LogP contribution in [0.4, 0.5) is 0 Å². The van der Waals surface area contributed by atoms with E-state index in [0.29, 0.717) is 12.2 Å². The third kappa shape index (κ3) is 4.04. The molecule has 1 aromatic rings. The second kappa shape index (κ2) is 7.33. The maximum atomic E-state index is 12.0. The molecule has 0 heterocycles. The van der Waals surface area contributed by atoms with E-state index in [1.54, 1.807) is 4.90 Å². The lowest BCUT2D eigenvalue weighted by molar-refractivity contribution is 0.0773. The molecule has 94 valence electrons. The molecule has 17 heavy (non-hydrogen) atoms. The van der Waals surface area contributed by atoms with Crippen molar-refractivity contribution in [2.24, 2.45) is 0 Å². The Morgan fingerprint density at radius 2 is 1.82 bits per heavy atom. The highest BCUT2D eigenvalue weighted by atomic mass is 79.9. The first kappa shape index (κ1) is 14.0. The summed E-state index contributed by atoms with van der Waals surface area (Å²) in [6.45, 7) is 6.06. The molecule has 3 nitrogen and oxygen atoms in total. The van der Waals surface area contributed by atoms with Crippen LogP contribution in [-0.4, -0.2) is 35.8 Å². The maximum Gasteiger partial charge on any atom is 0.253 e. The number of hydrogen-bond acceptors (Lipinski definition) is 2. The van der Waals surface area contributed by atoms with E-state index in [9.17, 15) is 4.79 Å². The Morgan fingerprint density at radius 1 is 1.24 bits per heavy atom. The number of amides is 1. The Bertz CT molecular complexity index is 347. The number of hydrogen-bond donors (Lipinski definition) is 0. The lowest BCUT2D eigenvalue weighted by atomic mass is 10.2. The Morgan fingerprint density at radius 3 is 2.29 bits per heavy atom. The fourth-order valence-corrected chi connectivity index (χ4v) is 1.71. The molecular formula is C13H18BrNO2. The van der Waals surface area contributed by atoms with Crippen LogP contribution in [0.5, 0.6) is 5.75 Å². The SMILES string of the molecule is CCN(CC)C(=O)c1ccc(OCCBr)cc1. The van der Waals surface area contributed by atoms with Gasteiger partial charge in [-0.25, -0.2) is 0 Å². The molecule has 4 heteroatoms. The van der Waals surface area contributed by atoms with Gasteiger partial charge in [-0.2, -0.15) is 0 Å². The van der Waals surface area contributed by atoms with Gasteiger partial charge in [-0.15, -0.1) is 0 Å². The highest BCUT2D eigenvalue weighted by Crippen LogP contribution is 2.13. The fourth-order valence-electron chi connectivity index (χ4n) is 1.54. The molecule has 1 amide bonds. The quantitative estimate of drug-likeness (QED) is 0.756. The van der Waals surface area contributed by atoms with Crippen molar-refractivity contribution in [2.45, 2.75) is 13.8 Å². The third-order valence-corrected chi connectivity index (χ3v) is 2.82. The Hall–Kier alpha value is -1.03. The Kier molecular flexibility index (Phi) is 6.05. The number of carbonyl (C=O) groups excluding carboxylic acids is 1. The van der Waals surface area contributed by atoms with Crippen molar-refractivity contribution in [1.82, 2.24) is 4.90 Å². The number of alkyl halides is 1. The van der Waals surface area contributed by atoms with E-state index in [0.717, 1.165) is 24.2 Å². The molecule has 0 unspecified atom stereocenters. The van der Waals surface area contributed by atoms with Gasteiger partial charge in [0.2, 0.25) is 0 Å². The van der Waals surface area contributed by atoms with Crippen LogP contribution in [0.3, 0.4) is 0 Å². The molecule has 0 aliphatic rings. The number of benzene rings is 1. The van der Waals surface area contributed by atoms with E-state index in [1.807, 2.05) is 38.1 Å². The first-order chi connectivity index (χ1) is 8.22. The van der Waals surface area contributed by atoms with E-state index >= 15 is 0 Å². The summed E-state index contributed by atoms with van der Waals surface area (Å²) in [7, 11) is 0. The average molecular weight is 300 g/mol. The van der Waals surface area contributed by atoms with Crippen LogP contribution in [0, 0.1) is 0 Å². The first-order valence-corrected chi connectivity index (χ1v) is 6.93. The summed E-state index contributed by atoms with van der Waals surface area (Å²) in [5, 5.41) is 0.799. The highest BCUT2D eigenvalue weighted by molar-refractivity contribution is 9.09. The topological polar surface area (TPSA) is 29.5 Å². The van der Waals surface area contributed by atoms with E-state index in [1.165, 1.54) is 0 Å². The molecule has 0 spiro atoms. The summed E-state index contributed by atoms with van der Waals surface area (Å²) in [6.07, 6.45) is 0. The smallest absolute Gasteiger partial charge is 0.253 e. The molecule has 1 rings (SSSR count). The van der Waals surface area contributed by atoms with Gasteiger partial charge in [0, 0.05) is 24.0 Å². The molecule has 0 saturated heterocycles. The molecule has 0 fully saturated rings. The fraction of sp³-hybridized carbons (Fsp3) is 0.462. The summed E-state index contributed by atoms with van der Waals surface area (Å²) in [6, 6.07) is 7.28. The minimum absolute atomic E-state index is 0.0713. The average Bonchev–Trinajstić information content (AvgIpc) is 2.38. The minimum Gasteiger partial charge on any atom is -0.493 e. The molecule has 0 radical (unpaired) electrons. The zero-order valence-electron chi connectivity index (χ0n) is 10.3. The van der Waals surface area contributed by atoms with Crippen LogP contribution in [0.25, 0.3) is 0 Å². The van der Waals surface area contributed by atoms with Crippen LogP contribution in [0.1, 0.15) is 24.2 Å². The largest absolute Gasteiger partial charge is 0.493 e. The monoisotopic (exact) mass is 299 g/mol. The minimum atomic E-state index is 0.0713. The van der Waals surface area contributed by atoms with Gasteiger partial charge in [-0.3, -0.25) is 4.79 Å². The van der Waals surface area contributed by atoms with Crippen molar-refractivity contribution in [3.05, 3.63) is 29.8 Å². The van der Waals surface area contributed by atoms with Crippen molar-refractivity contribution in [3.8, 4) is 5.75 Å². The zero-order valence-corrected chi connectivity index (χ0v) is 11.9. The zero-order chi connectivity index (χ0) is 12.7. The highest BCUT2D eigenvalue weighted by Gasteiger charge is 2.11. The summed E-state index contributed by atoms with van der Waals surface area (Å²) in [5.74, 6) is 0.864. The van der Waals surface area contributed by atoms with Gasteiger partial charge in [0.25, 0.3) is 5.91 Å². The molecule has 0 bridgehead atoms. The first-order valence-electron chi connectivity index (χ1n) is 5.81. The number of carbonyl (C=O) groups is 1. The Balaban J connectivity index is 2.69. The standard InChI is InChI=1S/C13H18BrNO2/c1-3-15(4-2)13(16)11-5-7-12(8-6-11)17-10-9-14/h5-8H,3-4,9-10H2,1-2H3. The van der Waals surface area contributed by atoms with Gasteiger partial charge < -0.3 is 9.64 Å². The van der Waals surface area contributed by atoms with E-state index in [4.69, 9.17) is 4.74 Å². The van der Waals surface area contributed by atoms with E-state index in [-0.39, 0.29) is 5.91 Å². The number of nitrogens with zero attached hydrogens (tertiary/aromatic N) is 1. The summed E-state index contributed by atoms with van der Waals surface area (Å²) in [5.41, 5.74) is 0.708. The number of rotatable bonds is 6. The van der Waals surface area contributed by atoms with Crippen molar-refractivity contribution < 1.29 is 9.53 Å². The third-order valence-electron chi connectivity index (χ3n) is 2.50. The van der Waals surface area contributed by atoms with Crippen molar-refractivity contribution in [1.29, 1.82) is 0 Å². The van der Waals surface area contributed by atoms with Gasteiger partial charge >= 0.3 is 0 Å². The summed E-state index contributed by atoms with van der Waals surface area (Å²) < 4.78 is 5.43. The lowest BCUT2D eigenvalue weighted by Crippen LogP contribution is -2.30. The maximum absolute atomic E-state index is 12.0. The predicted molar refractivity (Wildman–Crippen MR) is 73.0 cm³/mol. The number of halogens is 1. The number of ether oxygens (including phenoxy) is 1. The van der Waals surface area contributed by atoms with Crippen molar-refractivity contribution in [2.75, 3.05) is 25.0 Å². The van der Waals surface area contributed by atoms with E-state index < -0.39 is 0 Å². The molecule has 0 atom stereocenters. The van der Waals surface area contributed by atoms with Gasteiger partial charge in [0.05, 0.1) is 6.61 Å². The van der Waals surface area contributed by atoms with Gasteiger partial charge in [-0.05, 0) is 38.1 Å². The molecular weight excluding hydrogens is 282 g/mol. The Labute approximate surface area is 111 Å². The molecule has 0 aliphatic heterocycles. The van der Waals surface area contributed by atoms with Gasteiger partial charge in [0.1, 0.15) is 5.75 Å². The molecule has 0 aromatic heterocycles. The summed E-state index contributed by atoms with van der Waals surface area (Å²) >= 11 is 3.30. The van der Waals surface area contributed by atoms with Crippen LogP contribution in [0.15, 0.2) is 24.3 Å². The van der Waals surface area contributed by atoms with Crippen LogP contribution < -0.4 is 4.74 Å². The van der Waals surface area contributed by atoms with Gasteiger partial charge in [0.15, 0.2) is 0 Å². The van der Waals surface area contributed by atoms with Crippen LogP contribution in [0.2, 0.25) is 0 Å². The normalized spacial score (nSPS) is 10.1. The molecule has 0 saturated carbocycles. The molecule has 0 N–H and O–H groups in total. The van der Waals surface area contributed by atoms with Crippen LogP contribution >= 0.6 is 15.9 Å². The van der Waals surface area contributed by atoms with Crippen molar-refractivity contribution in [3.63, 3.8) is 0 Å². The van der Waals surface area contributed by atoms with Crippen LogP contribution in [-0.2, 0) is 0 Å². The van der Waals surface area contributed by atoms with E-state index in [2.05, 4.69) is 15.9 Å². The lowest BCUT2D eigenvalue weighted by Gasteiger charge is -2.18. The van der Waals surface area contributed by atoms with Crippen molar-refractivity contribution >= 4 is 21.8 Å². The molecule has 0 aliphatic carbocycles. The second-order valence-corrected chi connectivity index (χ2v) is 4.33.